The van der Waals surface area contributed by atoms with E-state index in [1.54, 1.807) is 18.9 Å². The number of carbonyl (C=O) groups is 3. The molecule has 0 bridgehead atoms. The van der Waals surface area contributed by atoms with Crippen LogP contribution < -0.4 is 15.4 Å². The fourth-order valence-corrected chi connectivity index (χ4v) is 7.53. The number of fused-ring (bicyclic) bond motifs is 2. The average molecular weight is 510 g/mol. The van der Waals surface area contributed by atoms with Crippen molar-refractivity contribution in [2.75, 3.05) is 32.1 Å². The molecule has 3 aromatic rings. The van der Waals surface area contributed by atoms with Crippen LogP contribution in [0.2, 0.25) is 0 Å². The van der Waals surface area contributed by atoms with Gasteiger partial charge in [0.05, 0.1) is 17.4 Å². The molecule has 0 atom stereocenters. The Morgan fingerprint density at radius 1 is 1.11 bits per heavy atom. The van der Waals surface area contributed by atoms with Crippen LogP contribution in [0.15, 0.2) is 47.4 Å². The largest absolute Gasteiger partial charge is 0.495 e. The standard InChI is InChI=1S/C26H27N3O4S2/c1-3-27-25(32)28-23-21(17-8-6-9-19(33-2)22(17)34-23)24(31)29-13-11-26(12-14-29)15-18(30)16-7-4-5-10-20(16)35-26/h4-10H,3,11-15H2,1-2H3,(H2,27,28,32). The summed E-state index contributed by atoms with van der Waals surface area (Å²) in [5.41, 5.74) is 1.30. The van der Waals surface area contributed by atoms with Crippen LogP contribution in [0.3, 0.4) is 0 Å². The van der Waals surface area contributed by atoms with Gasteiger partial charge in [-0.25, -0.2) is 4.79 Å². The molecule has 0 unspecified atom stereocenters. The molecule has 1 fully saturated rings. The van der Waals surface area contributed by atoms with Crippen LogP contribution in [0.1, 0.15) is 46.9 Å². The fraction of sp³-hybridized carbons (Fsp3) is 0.346. The third-order valence-electron chi connectivity index (χ3n) is 6.64. The van der Waals surface area contributed by atoms with Crippen molar-refractivity contribution < 1.29 is 19.1 Å². The summed E-state index contributed by atoms with van der Waals surface area (Å²) < 4.78 is 6.16. The first-order valence-corrected chi connectivity index (χ1v) is 13.3. The predicted octanol–water partition coefficient (Wildman–Crippen LogP) is 5.40. The topological polar surface area (TPSA) is 87.7 Å². The molecular formula is C26H27N3O4S2. The maximum absolute atomic E-state index is 13.8. The fourth-order valence-electron chi connectivity index (χ4n) is 4.86. The molecular weight excluding hydrogens is 482 g/mol. The minimum atomic E-state index is -0.347. The van der Waals surface area contributed by atoms with Gasteiger partial charge in [-0.15, -0.1) is 23.1 Å². The van der Waals surface area contributed by atoms with Crippen LogP contribution in [-0.2, 0) is 0 Å². The summed E-state index contributed by atoms with van der Waals surface area (Å²) in [6.45, 7) is 3.44. The summed E-state index contributed by atoms with van der Waals surface area (Å²) in [5, 5.41) is 6.87. The highest BCUT2D eigenvalue weighted by atomic mass is 32.2. The lowest BCUT2D eigenvalue weighted by molar-refractivity contribution is 0.0699. The number of nitrogens with zero attached hydrogens (tertiary/aromatic N) is 1. The van der Waals surface area contributed by atoms with E-state index >= 15 is 0 Å². The molecule has 1 saturated heterocycles. The minimum absolute atomic E-state index is 0.112. The number of nitrogens with one attached hydrogen (secondary N) is 2. The molecule has 2 N–H and O–H groups in total. The number of thiophene rings is 1. The lowest BCUT2D eigenvalue weighted by Gasteiger charge is -2.43. The van der Waals surface area contributed by atoms with Crippen LogP contribution in [0.5, 0.6) is 5.75 Å². The summed E-state index contributed by atoms with van der Waals surface area (Å²) in [6.07, 6.45) is 1.99. The highest BCUT2D eigenvalue weighted by Crippen LogP contribution is 2.49. The molecule has 35 heavy (non-hydrogen) atoms. The summed E-state index contributed by atoms with van der Waals surface area (Å²) in [6, 6.07) is 13.0. The molecule has 0 radical (unpaired) electrons. The molecule has 2 aliphatic heterocycles. The van der Waals surface area contributed by atoms with E-state index in [0.717, 1.165) is 33.4 Å². The zero-order valence-corrected chi connectivity index (χ0v) is 21.3. The first-order valence-electron chi connectivity index (χ1n) is 11.7. The number of benzene rings is 2. The zero-order valence-electron chi connectivity index (χ0n) is 19.7. The smallest absolute Gasteiger partial charge is 0.319 e. The van der Waals surface area contributed by atoms with Gasteiger partial charge in [-0.1, -0.05) is 30.3 Å². The number of carbonyl (C=O) groups excluding carboxylic acids is 3. The summed E-state index contributed by atoms with van der Waals surface area (Å²) in [5.74, 6) is 0.737. The number of rotatable bonds is 4. The molecule has 2 aromatic carbocycles. The van der Waals surface area contributed by atoms with E-state index in [9.17, 15) is 14.4 Å². The van der Waals surface area contributed by atoms with Crippen molar-refractivity contribution in [3.8, 4) is 5.75 Å². The second-order valence-electron chi connectivity index (χ2n) is 8.80. The van der Waals surface area contributed by atoms with Crippen LogP contribution in [0, 0.1) is 0 Å². The number of hydrogen-bond acceptors (Lipinski definition) is 6. The molecule has 5 rings (SSSR count). The Kier molecular flexibility index (Phi) is 6.46. The second kappa shape index (κ2) is 9.54. The van der Waals surface area contributed by atoms with Crippen molar-refractivity contribution in [1.29, 1.82) is 0 Å². The maximum atomic E-state index is 13.8. The van der Waals surface area contributed by atoms with Crippen molar-refractivity contribution in [1.82, 2.24) is 10.2 Å². The van der Waals surface area contributed by atoms with Gasteiger partial charge < -0.3 is 15.0 Å². The Labute approximate surface area is 212 Å². The molecule has 1 spiro atoms. The Hall–Kier alpha value is -3.04. The highest BCUT2D eigenvalue weighted by molar-refractivity contribution is 8.01. The first kappa shape index (κ1) is 23.7. The predicted molar refractivity (Wildman–Crippen MR) is 140 cm³/mol. The number of ether oxygens (including phenoxy) is 1. The van der Waals surface area contributed by atoms with Crippen LogP contribution in [0.4, 0.5) is 9.80 Å². The lowest BCUT2D eigenvalue weighted by atomic mass is 9.87. The average Bonchev–Trinajstić information content (AvgIpc) is 3.22. The number of urea groups is 1. The van der Waals surface area contributed by atoms with E-state index in [-0.39, 0.29) is 22.5 Å². The second-order valence-corrected chi connectivity index (χ2v) is 11.3. The number of methoxy groups -OCH3 is 1. The van der Waals surface area contributed by atoms with Crippen LogP contribution in [0.25, 0.3) is 10.1 Å². The molecule has 9 heteroatoms. The van der Waals surface area contributed by atoms with Gasteiger partial charge in [-0.05, 0) is 31.9 Å². The molecule has 0 saturated carbocycles. The SMILES string of the molecule is CCNC(=O)Nc1sc2c(OC)cccc2c1C(=O)N1CCC2(CC1)CC(=O)c1ccccc1S2. The van der Waals surface area contributed by atoms with Gasteiger partial charge in [-0.2, -0.15) is 0 Å². The molecule has 2 aliphatic rings. The van der Waals surface area contributed by atoms with Crippen molar-refractivity contribution in [2.24, 2.45) is 0 Å². The summed E-state index contributed by atoms with van der Waals surface area (Å²) in [4.78, 5) is 41.8. The van der Waals surface area contributed by atoms with Gasteiger partial charge >= 0.3 is 6.03 Å². The molecule has 0 aliphatic carbocycles. The third kappa shape index (κ3) is 4.38. The Morgan fingerprint density at radius 3 is 2.63 bits per heavy atom. The highest BCUT2D eigenvalue weighted by Gasteiger charge is 2.43. The Balaban J connectivity index is 1.41. The quantitative estimate of drug-likeness (QED) is 0.491. The van der Waals surface area contributed by atoms with Gasteiger partial charge in [0.25, 0.3) is 5.91 Å². The van der Waals surface area contributed by atoms with Gasteiger partial charge in [0.1, 0.15) is 10.8 Å². The van der Waals surface area contributed by atoms with E-state index in [1.165, 1.54) is 11.3 Å². The monoisotopic (exact) mass is 509 g/mol. The molecule has 3 amide bonds. The van der Waals surface area contributed by atoms with Gasteiger partial charge in [0, 0.05) is 46.6 Å². The van der Waals surface area contributed by atoms with Gasteiger partial charge in [-0.3, -0.25) is 14.9 Å². The zero-order chi connectivity index (χ0) is 24.6. The number of hydrogen-bond donors (Lipinski definition) is 2. The van der Waals surface area contributed by atoms with Crippen molar-refractivity contribution in [2.45, 2.75) is 35.8 Å². The number of amides is 3. The summed E-state index contributed by atoms with van der Waals surface area (Å²) >= 11 is 3.12. The molecule has 7 nitrogen and oxygen atoms in total. The molecule has 1 aromatic heterocycles. The number of ketones is 1. The molecule has 3 heterocycles. The first-order chi connectivity index (χ1) is 16.9. The minimum Gasteiger partial charge on any atom is -0.495 e. The van der Waals surface area contributed by atoms with E-state index in [0.29, 0.717) is 42.4 Å². The van der Waals surface area contributed by atoms with E-state index in [4.69, 9.17) is 4.74 Å². The van der Waals surface area contributed by atoms with E-state index in [1.807, 2.05) is 54.3 Å². The lowest BCUT2D eigenvalue weighted by Crippen LogP contribution is -2.47. The Bertz CT molecular complexity index is 1310. The van der Waals surface area contributed by atoms with Crippen molar-refractivity contribution >= 4 is 55.9 Å². The number of Topliss-reactive ketones (excluding diaryl/α,β-unsaturated/α-hetero) is 1. The Morgan fingerprint density at radius 2 is 1.89 bits per heavy atom. The maximum Gasteiger partial charge on any atom is 0.319 e. The van der Waals surface area contributed by atoms with Crippen LogP contribution in [-0.4, -0.2) is 54.1 Å². The third-order valence-corrected chi connectivity index (χ3v) is 9.33. The summed E-state index contributed by atoms with van der Waals surface area (Å²) in [7, 11) is 1.60. The van der Waals surface area contributed by atoms with E-state index in [2.05, 4.69) is 10.6 Å². The normalized spacial score (nSPS) is 16.7. The number of anilines is 1. The number of thioether (sulfide) groups is 1. The van der Waals surface area contributed by atoms with Gasteiger partial charge in [0.2, 0.25) is 0 Å². The van der Waals surface area contributed by atoms with Crippen molar-refractivity contribution in [3.05, 3.63) is 53.6 Å². The van der Waals surface area contributed by atoms with Crippen molar-refractivity contribution in [3.63, 3.8) is 0 Å². The number of likely N-dealkylation sites (tertiary alicyclic amines) is 1. The van der Waals surface area contributed by atoms with E-state index < -0.39 is 0 Å². The van der Waals surface area contributed by atoms with Crippen LogP contribution >= 0.6 is 23.1 Å². The number of piperidine rings is 1. The molecule has 182 valence electrons. The van der Waals surface area contributed by atoms with Gasteiger partial charge in [0.15, 0.2) is 5.78 Å².